The molecule has 1 rings (SSSR count). The summed E-state index contributed by atoms with van der Waals surface area (Å²) in [6.07, 6.45) is 1.48. The zero-order valence-corrected chi connectivity index (χ0v) is 5.08. The van der Waals surface area contributed by atoms with Gasteiger partial charge in [0.1, 0.15) is 0 Å². The minimum absolute atomic E-state index is 0.415. The van der Waals surface area contributed by atoms with Crippen LogP contribution in [-0.4, -0.2) is 19.6 Å². The molecule has 0 aliphatic heterocycles. The molecule has 58 valence electrons. The van der Waals surface area contributed by atoms with Crippen molar-refractivity contribution in [2.24, 2.45) is 0 Å². The highest BCUT2D eigenvalue weighted by Gasteiger charge is 2.14. The lowest BCUT2D eigenvalue weighted by molar-refractivity contribution is -0.542. The van der Waals surface area contributed by atoms with E-state index in [0.717, 1.165) is 12.5 Å². The van der Waals surface area contributed by atoms with Crippen LogP contribution in [0.25, 0.3) is 0 Å². The van der Waals surface area contributed by atoms with Gasteiger partial charge in [0, 0.05) is 0 Å². The molecule has 0 saturated heterocycles. The van der Waals surface area contributed by atoms with E-state index >= 15 is 0 Å². The first-order valence-corrected chi connectivity index (χ1v) is 2.44. The van der Waals surface area contributed by atoms with Gasteiger partial charge in [-0.15, -0.1) is 0 Å². The Labute approximate surface area is 59.3 Å². The lowest BCUT2D eigenvalue weighted by atomic mass is 10.8. The zero-order chi connectivity index (χ0) is 8.43. The van der Waals surface area contributed by atoms with Crippen LogP contribution >= 0.6 is 0 Å². The standard InChI is InChI=1S/C3H2N4O4/c8-6(9)3-1-5(2-4-3)7(10)11/h1-2H. The monoisotopic (exact) mass is 158 g/mol. The normalized spacial score (nSPS) is 9.45. The lowest BCUT2D eigenvalue weighted by Crippen LogP contribution is -2.04. The molecule has 0 aromatic carbocycles. The first kappa shape index (κ1) is 7.12. The number of hydrogen-bond donors (Lipinski definition) is 0. The van der Waals surface area contributed by atoms with Gasteiger partial charge in [0.05, 0.1) is 0 Å². The maximum absolute atomic E-state index is 9.94. The van der Waals surface area contributed by atoms with Gasteiger partial charge in [0.25, 0.3) is 6.33 Å². The quantitative estimate of drug-likeness (QED) is 0.439. The molecule has 8 nitrogen and oxygen atoms in total. The molecule has 0 aliphatic carbocycles. The van der Waals surface area contributed by atoms with Crippen molar-refractivity contribution in [3.63, 3.8) is 0 Å². The largest absolute Gasteiger partial charge is 0.388 e. The van der Waals surface area contributed by atoms with E-state index < -0.39 is 15.8 Å². The number of rotatable bonds is 2. The molecule has 8 heteroatoms. The molecular weight excluding hydrogens is 156 g/mol. The average molecular weight is 158 g/mol. The summed E-state index contributed by atoms with van der Waals surface area (Å²) >= 11 is 0. The summed E-state index contributed by atoms with van der Waals surface area (Å²) in [6.45, 7) is 0. The van der Waals surface area contributed by atoms with Crippen LogP contribution in [0, 0.1) is 20.2 Å². The van der Waals surface area contributed by atoms with E-state index in [1.807, 2.05) is 0 Å². The third-order valence-corrected chi connectivity index (χ3v) is 0.932. The smallest absolute Gasteiger partial charge is 0.358 e. The Kier molecular flexibility index (Phi) is 1.51. The third-order valence-electron chi connectivity index (χ3n) is 0.932. The van der Waals surface area contributed by atoms with Crippen molar-refractivity contribution in [2.45, 2.75) is 0 Å². The van der Waals surface area contributed by atoms with Crippen molar-refractivity contribution in [3.8, 4) is 0 Å². The molecule has 0 bridgehead atoms. The molecule has 0 radical (unpaired) electrons. The van der Waals surface area contributed by atoms with E-state index in [0.29, 0.717) is 4.68 Å². The van der Waals surface area contributed by atoms with Crippen molar-refractivity contribution in [3.05, 3.63) is 32.8 Å². The number of nitrogens with zero attached hydrogens (tertiary/aromatic N) is 4. The zero-order valence-electron chi connectivity index (χ0n) is 5.08. The summed E-state index contributed by atoms with van der Waals surface area (Å²) in [5.74, 6) is -0.540. The van der Waals surface area contributed by atoms with Crippen LogP contribution in [0.4, 0.5) is 5.82 Å². The molecule has 11 heavy (non-hydrogen) atoms. The van der Waals surface area contributed by atoms with Gasteiger partial charge >= 0.3 is 5.82 Å². The Hall–Kier alpha value is -1.99. The minimum Gasteiger partial charge on any atom is -0.358 e. The third kappa shape index (κ3) is 1.28. The van der Waals surface area contributed by atoms with Gasteiger partial charge in [0.2, 0.25) is 0 Å². The molecule has 0 N–H and O–H groups in total. The molecule has 0 fully saturated rings. The highest BCUT2D eigenvalue weighted by molar-refractivity contribution is 5.11. The Morgan fingerprint density at radius 3 is 2.36 bits per heavy atom. The summed E-state index contributed by atoms with van der Waals surface area (Å²) < 4.78 is 0.415. The number of hydrogen-bond acceptors (Lipinski definition) is 5. The van der Waals surface area contributed by atoms with Gasteiger partial charge in [0.15, 0.2) is 11.2 Å². The first-order valence-electron chi connectivity index (χ1n) is 2.44. The van der Waals surface area contributed by atoms with E-state index in [4.69, 9.17) is 0 Å². The Morgan fingerprint density at radius 2 is 2.09 bits per heavy atom. The van der Waals surface area contributed by atoms with Crippen LogP contribution < -0.4 is 0 Å². The predicted molar refractivity (Wildman–Crippen MR) is 31.3 cm³/mol. The van der Waals surface area contributed by atoms with Crippen LogP contribution in [0.15, 0.2) is 12.5 Å². The van der Waals surface area contributed by atoms with Gasteiger partial charge in [-0.2, -0.15) is 0 Å². The predicted octanol–water partition coefficient (Wildman–Crippen LogP) is -0.169. The van der Waals surface area contributed by atoms with Crippen LogP contribution in [-0.2, 0) is 0 Å². The van der Waals surface area contributed by atoms with Crippen molar-refractivity contribution in [1.29, 1.82) is 0 Å². The summed E-state index contributed by atoms with van der Waals surface area (Å²) in [5, 5.41) is 19.1. The van der Waals surface area contributed by atoms with Gasteiger partial charge in [-0.25, -0.2) is 10.1 Å². The molecule has 1 heterocycles. The summed E-state index contributed by atoms with van der Waals surface area (Å²) in [6, 6.07) is 0. The van der Waals surface area contributed by atoms with E-state index in [2.05, 4.69) is 4.98 Å². The molecule has 0 aliphatic rings. The number of imidazole rings is 1. The van der Waals surface area contributed by atoms with Crippen LogP contribution in [0.3, 0.4) is 0 Å². The van der Waals surface area contributed by atoms with Gasteiger partial charge in [-0.05, 0) is 14.6 Å². The fraction of sp³-hybridized carbons (Fsp3) is 0. The van der Waals surface area contributed by atoms with Crippen molar-refractivity contribution >= 4 is 5.82 Å². The number of nitro groups is 2. The number of aromatic nitrogens is 2. The summed E-state index contributed by atoms with van der Waals surface area (Å²) in [4.78, 5) is 22.2. The fourth-order valence-corrected chi connectivity index (χ4v) is 0.487. The fourth-order valence-electron chi connectivity index (χ4n) is 0.487. The molecule has 1 aromatic rings. The lowest BCUT2D eigenvalue weighted by Gasteiger charge is -1.83. The Morgan fingerprint density at radius 1 is 1.45 bits per heavy atom. The highest BCUT2D eigenvalue weighted by atomic mass is 16.7. The van der Waals surface area contributed by atoms with Crippen LogP contribution in [0.2, 0.25) is 0 Å². The molecule has 0 atom stereocenters. The topological polar surface area (TPSA) is 104 Å². The van der Waals surface area contributed by atoms with Gasteiger partial charge in [-0.1, -0.05) is 0 Å². The second kappa shape index (κ2) is 2.33. The van der Waals surface area contributed by atoms with Gasteiger partial charge < -0.3 is 10.1 Å². The second-order valence-electron chi connectivity index (χ2n) is 1.61. The molecule has 0 amide bonds. The maximum Gasteiger partial charge on any atom is 0.388 e. The first-order chi connectivity index (χ1) is 5.11. The van der Waals surface area contributed by atoms with Crippen molar-refractivity contribution in [2.75, 3.05) is 0 Å². The van der Waals surface area contributed by atoms with Crippen LogP contribution in [0.1, 0.15) is 0 Å². The Balaban J connectivity index is 2.99. The second-order valence-corrected chi connectivity index (χ2v) is 1.61. The van der Waals surface area contributed by atoms with Crippen molar-refractivity contribution < 1.29 is 9.96 Å². The van der Waals surface area contributed by atoms with Crippen molar-refractivity contribution in [1.82, 2.24) is 9.66 Å². The van der Waals surface area contributed by atoms with E-state index in [-0.39, 0.29) is 0 Å². The summed E-state index contributed by atoms with van der Waals surface area (Å²) in [5.41, 5.74) is 0. The molecular formula is C3H2N4O4. The highest BCUT2D eigenvalue weighted by Crippen LogP contribution is 2.04. The molecule has 0 spiro atoms. The average Bonchev–Trinajstić information content (AvgIpc) is 2.33. The summed E-state index contributed by atoms with van der Waals surface area (Å²) in [7, 11) is 0. The molecule has 0 unspecified atom stereocenters. The molecule has 0 saturated carbocycles. The van der Waals surface area contributed by atoms with Gasteiger partial charge in [-0.3, -0.25) is 0 Å². The SMILES string of the molecule is O=[N+]([O-])c1cn([N+](=O)[O-])cn1. The maximum atomic E-state index is 9.94. The van der Waals surface area contributed by atoms with Crippen LogP contribution in [0.5, 0.6) is 0 Å². The minimum atomic E-state index is -0.819. The van der Waals surface area contributed by atoms with E-state index in [1.165, 1.54) is 0 Å². The molecule has 1 aromatic heterocycles. The van der Waals surface area contributed by atoms with E-state index in [1.54, 1.807) is 0 Å². The van der Waals surface area contributed by atoms with E-state index in [9.17, 15) is 20.2 Å². The Bertz CT molecular complexity index is 276.